The molecule has 1 aromatic heterocycles. The topological polar surface area (TPSA) is 15.3 Å². The molecule has 1 fully saturated rings. The third-order valence-electron chi connectivity index (χ3n) is 4.86. The lowest BCUT2D eigenvalue weighted by Crippen LogP contribution is -2.46. The SMILES string of the molecule is CC1CCC(CNC(C)C)(CN(C)Cc2ccsc2)CC1. The molecule has 2 rings (SSSR count). The molecule has 3 heteroatoms. The molecule has 0 spiro atoms. The summed E-state index contributed by atoms with van der Waals surface area (Å²) < 4.78 is 0. The second-order valence-corrected chi connectivity index (χ2v) is 8.30. The molecule has 0 aliphatic heterocycles. The minimum atomic E-state index is 0.474. The molecule has 1 saturated carbocycles. The summed E-state index contributed by atoms with van der Waals surface area (Å²) in [6.07, 6.45) is 5.54. The lowest BCUT2D eigenvalue weighted by Gasteiger charge is -2.42. The summed E-state index contributed by atoms with van der Waals surface area (Å²) in [7, 11) is 2.28. The van der Waals surface area contributed by atoms with Crippen molar-refractivity contribution in [1.29, 1.82) is 0 Å². The van der Waals surface area contributed by atoms with Crippen LogP contribution in [0.2, 0.25) is 0 Å². The van der Waals surface area contributed by atoms with E-state index in [1.54, 1.807) is 11.3 Å². The molecule has 1 N–H and O–H groups in total. The van der Waals surface area contributed by atoms with Crippen molar-refractivity contribution < 1.29 is 0 Å². The number of hydrogen-bond acceptors (Lipinski definition) is 3. The zero-order valence-corrected chi connectivity index (χ0v) is 15.0. The molecule has 0 saturated heterocycles. The first-order valence-electron chi connectivity index (χ1n) is 8.42. The Morgan fingerprint density at radius 3 is 2.67 bits per heavy atom. The first-order chi connectivity index (χ1) is 9.99. The number of nitrogens with one attached hydrogen (secondary N) is 1. The van der Waals surface area contributed by atoms with E-state index < -0.39 is 0 Å². The Bertz CT molecular complexity index is 391. The van der Waals surface area contributed by atoms with Gasteiger partial charge < -0.3 is 10.2 Å². The van der Waals surface area contributed by atoms with Crippen molar-refractivity contribution in [1.82, 2.24) is 10.2 Å². The fourth-order valence-corrected chi connectivity index (χ4v) is 4.17. The molecule has 0 radical (unpaired) electrons. The van der Waals surface area contributed by atoms with Gasteiger partial charge in [0, 0.05) is 25.7 Å². The van der Waals surface area contributed by atoms with Gasteiger partial charge in [0.1, 0.15) is 0 Å². The summed E-state index contributed by atoms with van der Waals surface area (Å²) in [4.78, 5) is 2.53. The Labute approximate surface area is 134 Å². The standard InChI is InChI=1S/C18H32N2S/c1-15(2)19-13-18(8-5-16(3)6-9-18)14-20(4)11-17-7-10-21-12-17/h7,10,12,15-16,19H,5-6,8-9,11,13-14H2,1-4H3. The Morgan fingerprint density at radius 1 is 1.38 bits per heavy atom. The highest BCUT2D eigenvalue weighted by atomic mass is 32.1. The van der Waals surface area contributed by atoms with Crippen LogP contribution < -0.4 is 5.32 Å². The maximum absolute atomic E-state index is 3.71. The van der Waals surface area contributed by atoms with Crippen molar-refractivity contribution in [2.24, 2.45) is 11.3 Å². The minimum Gasteiger partial charge on any atom is -0.314 e. The summed E-state index contributed by atoms with van der Waals surface area (Å²) in [5.74, 6) is 0.916. The van der Waals surface area contributed by atoms with Gasteiger partial charge in [0.15, 0.2) is 0 Å². The van der Waals surface area contributed by atoms with E-state index in [0.29, 0.717) is 11.5 Å². The van der Waals surface area contributed by atoms with E-state index in [4.69, 9.17) is 0 Å². The average Bonchev–Trinajstić information content (AvgIpc) is 2.92. The van der Waals surface area contributed by atoms with Gasteiger partial charge in [-0.05, 0) is 53.6 Å². The maximum Gasteiger partial charge on any atom is 0.0239 e. The first-order valence-corrected chi connectivity index (χ1v) is 9.36. The van der Waals surface area contributed by atoms with E-state index in [-0.39, 0.29) is 0 Å². The zero-order chi connectivity index (χ0) is 15.3. The molecule has 0 amide bonds. The highest BCUT2D eigenvalue weighted by Crippen LogP contribution is 2.39. The van der Waals surface area contributed by atoms with Gasteiger partial charge in [-0.2, -0.15) is 11.3 Å². The zero-order valence-electron chi connectivity index (χ0n) is 14.2. The van der Waals surface area contributed by atoms with E-state index in [1.807, 2.05) is 0 Å². The number of thiophene rings is 1. The van der Waals surface area contributed by atoms with Crippen LogP contribution in [0.25, 0.3) is 0 Å². The molecule has 120 valence electrons. The van der Waals surface area contributed by atoms with Crippen LogP contribution in [0.4, 0.5) is 0 Å². The van der Waals surface area contributed by atoms with Crippen molar-refractivity contribution in [3.05, 3.63) is 22.4 Å². The Balaban J connectivity index is 1.94. The second-order valence-electron chi connectivity index (χ2n) is 7.52. The van der Waals surface area contributed by atoms with Crippen molar-refractivity contribution in [2.75, 3.05) is 20.1 Å². The van der Waals surface area contributed by atoms with E-state index in [9.17, 15) is 0 Å². The quantitative estimate of drug-likeness (QED) is 0.804. The van der Waals surface area contributed by atoms with Crippen LogP contribution in [-0.4, -0.2) is 31.1 Å². The van der Waals surface area contributed by atoms with Gasteiger partial charge in [-0.1, -0.05) is 33.6 Å². The summed E-state index contributed by atoms with van der Waals surface area (Å²) in [6.45, 7) is 10.4. The molecule has 1 aliphatic rings. The molecule has 0 aromatic carbocycles. The summed E-state index contributed by atoms with van der Waals surface area (Å²) in [6, 6.07) is 2.84. The largest absolute Gasteiger partial charge is 0.314 e. The molecule has 21 heavy (non-hydrogen) atoms. The minimum absolute atomic E-state index is 0.474. The third kappa shape index (κ3) is 5.39. The van der Waals surface area contributed by atoms with Gasteiger partial charge in [-0.15, -0.1) is 0 Å². The Morgan fingerprint density at radius 2 is 2.10 bits per heavy atom. The smallest absolute Gasteiger partial charge is 0.0239 e. The second kappa shape index (κ2) is 7.75. The molecule has 1 heterocycles. The van der Waals surface area contributed by atoms with Crippen LogP contribution in [0.5, 0.6) is 0 Å². The fourth-order valence-electron chi connectivity index (χ4n) is 3.51. The lowest BCUT2D eigenvalue weighted by atomic mass is 9.70. The highest BCUT2D eigenvalue weighted by Gasteiger charge is 2.35. The van der Waals surface area contributed by atoms with Crippen LogP contribution >= 0.6 is 11.3 Å². The van der Waals surface area contributed by atoms with Crippen molar-refractivity contribution in [3.8, 4) is 0 Å². The molecule has 0 unspecified atom stereocenters. The van der Waals surface area contributed by atoms with Gasteiger partial charge in [-0.3, -0.25) is 0 Å². The van der Waals surface area contributed by atoms with Crippen LogP contribution in [-0.2, 0) is 6.54 Å². The monoisotopic (exact) mass is 308 g/mol. The fraction of sp³-hybridized carbons (Fsp3) is 0.778. The summed E-state index contributed by atoms with van der Waals surface area (Å²) in [5.41, 5.74) is 1.93. The number of hydrogen-bond donors (Lipinski definition) is 1. The normalized spacial score (nSPS) is 26.7. The Hall–Kier alpha value is -0.380. The van der Waals surface area contributed by atoms with Crippen LogP contribution in [0.3, 0.4) is 0 Å². The maximum atomic E-state index is 3.71. The predicted octanol–water partition coefficient (Wildman–Crippen LogP) is 4.37. The predicted molar refractivity (Wildman–Crippen MR) is 93.9 cm³/mol. The highest BCUT2D eigenvalue weighted by molar-refractivity contribution is 7.07. The van der Waals surface area contributed by atoms with Gasteiger partial charge in [-0.25, -0.2) is 0 Å². The summed E-state index contributed by atoms with van der Waals surface area (Å²) in [5, 5.41) is 8.17. The molecular weight excluding hydrogens is 276 g/mol. The van der Waals surface area contributed by atoms with E-state index in [0.717, 1.165) is 12.5 Å². The number of nitrogens with zero attached hydrogens (tertiary/aromatic N) is 1. The molecule has 2 nitrogen and oxygen atoms in total. The third-order valence-corrected chi connectivity index (χ3v) is 5.59. The van der Waals surface area contributed by atoms with Crippen LogP contribution in [0.15, 0.2) is 16.8 Å². The van der Waals surface area contributed by atoms with E-state index in [1.165, 1.54) is 44.3 Å². The van der Waals surface area contributed by atoms with Gasteiger partial charge in [0.2, 0.25) is 0 Å². The van der Waals surface area contributed by atoms with Gasteiger partial charge in [0.05, 0.1) is 0 Å². The van der Waals surface area contributed by atoms with Crippen LogP contribution in [0, 0.1) is 11.3 Å². The van der Waals surface area contributed by atoms with E-state index >= 15 is 0 Å². The molecule has 1 aliphatic carbocycles. The Kier molecular flexibility index (Phi) is 6.27. The molecule has 0 bridgehead atoms. The van der Waals surface area contributed by atoms with Crippen molar-refractivity contribution >= 4 is 11.3 Å². The van der Waals surface area contributed by atoms with Gasteiger partial charge in [0.25, 0.3) is 0 Å². The average molecular weight is 309 g/mol. The van der Waals surface area contributed by atoms with Crippen molar-refractivity contribution in [3.63, 3.8) is 0 Å². The molecule has 0 atom stereocenters. The first kappa shape index (κ1) is 17.0. The molecular formula is C18H32N2S. The molecule has 1 aromatic rings. The van der Waals surface area contributed by atoms with Gasteiger partial charge >= 0.3 is 0 Å². The number of rotatable bonds is 7. The van der Waals surface area contributed by atoms with Crippen LogP contribution in [0.1, 0.15) is 52.0 Å². The summed E-state index contributed by atoms with van der Waals surface area (Å²) >= 11 is 1.80. The van der Waals surface area contributed by atoms with E-state index in [2.05, 4.69) is 54.9 Å². The van der Waals surface area contributed by atoms with Crippen molar-refractivity contribution in [2.45, 2.75) is 59.0 Å². The lowest BCUT2D eigenvalue weighted by molar-refractivity contribution is 0.0937.